The van der Waals surface area contributed by atoms with Crippen LogP contribution in [0.15, 0.2) is 12.1 Å². The number of rotatable bonds is 8. The number of Topliss-reactive ketones (excluding diaryl/α,β-unsaturated/α-hetero) is 1. The highest BCUT2D eigenvalue weighted by atomic mass is 16.5. The second kappa shape index (κ2) is 10.1. The lowest BCUT2D eigenvalue weighted by atomic mass is 9.69. The summed E-state index contributed by atoms with van der Waals surface area (Å²) >= 11 is 0. The molecule has 1 aromatic carbocycles. The molecule has 1 heterocycles. The molecular formula is C28H42O5. The van der Waals surface area contributed by atoms with Crippen molar-refractivity contribution >= 4 is 11.8 Å². The monoisotopic (exact) mass is 458 g/mol. The second-order valence-corrected chi connectivity index (χ2v) is 11.1. The normalized spacial score (nSPS) is 24.3. The lowest BCUT2D eigenvalue weighted by Crippen LogP contribution is -2.44. The molecule has 1 aromatic rings. The Morgan fingerprint density at radius 1 is 1.21 bits per heavy atom. The molecule has 0 amide bonds. The number of esters is 1. The summed E-state index contributed by atoms with van der Waals surface area (Å²) in [5.41, 5.74) is 1.22. The van der Waals surface area contributed by atoms with Crippen LogP contribution in [0.25, 0.3) is 0 Å². The van der Waals surface area contributed by atoms with E-state index < -0.39 is 17.5 Å². The van der Waals surface area contributed by atoms with Gasteiger partial charge in [0.05, 0.1) is 6.61 Å². The number of ether oxygens (including phenoxy) is 2. The Labute approximate surface area is 199 Å². The summed E-state index contributed by atoms with van der Waals surface area (Å²) in [7, 11) is 0. The van der Waals surface area contributed by atoms with E-state index in [2.05, 4.69) is 40.7 Å². The Bertz CT molecular complexity index is 869. The SMILES string of the molecule is CCCCCCC(C)(C)c1cc(O)c2c(c1)OC(C)(C)[C@@H]1CCC(=O)[C@H](C(=O)OCC)C[C@@H]21. The van der Waals surface area contributed by atoms with Gasteiger partial charge in [0, 0.05) is 17.9 Å². The Balaban J connectivity index is 1.98. The van der Waals surface area contributed by atoms with Gasteiger partial charge < -0.3 is 14.6 Å². The first kappa shape index (κ1) is 25.6. The van der Waals surface area contributed by atoms with Crippen molar-refractivity contribution in [2.24, 2.45) is 11.8 Å². The summed E-state index contributed by atoms with van der Waals surface area (Å²) in [5, 5.41) is 11.2. The van der Waals surface area contributed by atoms with Crippen molar-refractivity contribution in [2.75, 3.05) is 6.61 Å². The molecule has 2 aliphatic rings. The number of aromatic hydroxyl groups is 1. The predicted octanol–water partition coefficient (Wildman–Crippen LogP) is 6.44. The van der Waals surface area contributed by atoms with Gasteiger partial charge in [-0.1, -0.05) is 46.5 Å². The van der Waals surface area contributed by atoms with Crippen molar-refractivity contribution in [3.05, 3.63) is 23.3 Å². The van der Waals surface area contributed by atoms with Gasteiger partial charge in [-0.05, 0) is 69.1 Å². The van der Waals surface area contributed by atoms with E-state index in [9.17, 15) is 14.7 Å². The smallest absolute Gasteiger partial charge is 0.316 e. The standard InChI is InChI=1S/C28H42O5/c1-7-9-10-11-14-27(3,4)18-15-23(30)25-19-17-20(26(31)32-8-2)22(29)13-12-21(19)28(5,6)33-24(25)16-18/h15-16,19-21,30H,7-14,17H2,1-6H3/t19-,20-,21-/m1/s1. The fraction of sp³-hybridized carbons (Fsp3) is 0.714. The van der Waals surface area contributed by atoms with Gasteiger partial charge in [-0.3, -0.25) is 9.59 Å². The first-order chi connectivity index (χ1) is 15.5. The maximum atomic E-state index is 12.8. The first-order valence-corrected chi connectivity index (χ1v) is 12.8. The quantitative estimate of drug-likeness (QED) is 0.275. The van der Waals surface area contributed by atoms with Crippen molar-refractivity contribution in [3.63, 3.8) is 0 Å². The van der Waals surface area contributed by atoms with Gasteiger partial charge in [0.1, 0.15) is 28.8 Å². The van der Waals surface area contributed by atoms with Gasteiger partial charge in [-0.15, -0.1) is 0 Å². The van der Waals surface area contributed by atoms with Crippen molar-refractivity contribution in [1.29, 1.82) is 0 Å². The van der Waals surface area contributed by atoms with Crippen molar-refractivity contribution in [3.8, 4) is 11.5 Å². The van der Waals surface area contributed by atoms with Crippen molar-refractivity contribution < 1.29 is 24.2 Å². The Kier molecular flexibility index (Phi) is 7.80. The molecule has 1 fully saturated rings. The fourth-order valence-corrected chi connectivity index (χ4v) is 5.80. The fourth-order valence-electron chi connectivity index (χ4n) is 5.80. The molecular weight excluding hydrogens is 416 g/mol. The van der Waals surface area contributed by atoms with E-state index in [0.717, 1.165) is 24.0 Å². The Morgan fingerprint density at radius 2 is 1.94 bits per heavy atom. The molecule has 1 aliphatic heterocycles. The van der Waals surface area contributed by atoms with Crippen LogP contribution in [0.5, 0.6) is 11.5 Å². The predicted molar refractivity (Wildman–Crippen MR) is 130 cm³/mol. The molecule has 0 spiro atoms. The number of unbranched alkanes of at least 4 members (excludes halogenated alkanes) is 3. The topological polar surface area (TPSA) is 72.8 Å². The van der Waals surface area contributed by atoms with Crippen molar-refractivity contribution in [2.45, 2.75) is 110 Å². The minimum Gasteiger partial charge on any atom is -0.508 e. The Hall–Kier alpha value is -2.04. The molecule has 5 heteroatoms. The number of phenolic OH excluding ortho intramolecular Hbond substituents is 1. The van der Waals surface area contributed by atoms with E-state index in [1.165, 1.54) is 19.3 Å². The molecule has 0 unspecified atom stereocenters. The molecule has 5 nitrogen and oxygen atoms in total. The summed E-state index contributed by atoms with van der Waals surface area (Å²) in [5.74, 6) is -0.487. The van der Waals surface area contributed by atoms with Gasteiger partial charge in [-0.2, -0.15) is 0 Å². The van der Waals surface area contributed by atoms with E-state index in [4.69, 9.17) is 9.47 Å². The number of phenols is 1. The molecule has 184 valence electrons. The summed E-state index contributed by atoms with van der Waals surface area (Å²) < 4.78 is 11.7. The maximum Gasteiger partial charge on any atom is 0.316 e. The number of hydrogen-bond donors (Lipinski definition) is 1. The van der Waals surface area contributed by atoms with E-state index in [0.29, 0.717) is 25.0 Å². The number of fused-ring (bicyclic) bond motifs is 3. The van der Waals surface area contributed by atoms with Crippen LogP contribution >= 0.6 is 0 Å². The van der Waals surface area contributed by atoms with Crippen LogP contribution < -0.4 is 4.74 Å². The summed E-state index contributed by atoms with van der Waals surface area (Å²) in [4.78, 5) is 25.4. The van der Waals surface area contributed by atoms with Gasteiger partial charge in [0.25, 0.3) is 0 Å². The zero-order valence-electron chi connectivity index (χ0n) is 21.3. The molecule has 1 saturated carbocycles. The third kappa shape index (κ3) is 5.38. The molecule has 33 heavy (non-hydrogen) atoms. The number of carbonyl (C=O) groups excluding carboxylic acids is 2. The number of hydrogen-bond acceptors (Lipinski definition) is 5. The van der Waals surface area contributed by atoms with Crippen LogP contribution in [0, 0.1) is 11.8 Å². The van der Waals surface area contributed by atoms with E-state index in [-0.39, 0.29) is 35.4 Å². The zero-order chi connectivity index (χ0) is 24.4. The maximum absolute atomic E-state index is 12.8. The highest BCUT2D eigenvalue weighted by Crippen LogP contribution is 2.55. The van der Waals surface area contributed by atoms with Crippen LogP contribution in [0.2, 0.25) is 0 Å². The summed E-state index contributed by atoms with van der Waals surface area (Å²) in [6.45, 7) is 12.8. The Morgan fingerprint density at radius 3 is 2.61 bits per heavy atom. The molecule has 1 aliphatic carbocycles. The number of ketones is 1. The first-order valence-electron chi connectivity index (χ1n) is 12.8. The summed E-state index contributed by atoms with van der Waals surface area (Å²) in [6.07, 6.45) is 7.18. The molecule has 3 atom stereocenters. The van der Waals surface area contributed by atoms with Crippen LogP contribution in [0.3, 0.4) is 0 Å². The zero-order valence-corrected chi connectivity index (χ0v) is 21.3. The third-order valence-electron chi connectivity index (χ3n) is 7.83. The number of carbonyl (C=O) groups is 2. The molecule has 0 aromatic heterocycles. The molecule has 1 N–H and O–H groups in total. The van der Waals surface area contributed by atoms with Gasteiger partial charge in [0.15, 0.2) is 0 Å². The molecule has 0 saturated heterocycles. The van der Waals surface area contributed by atoms with E-state index in [1.807, 2.05) is 6.07 Å². The lowest BCUT2D eigenvalue weighted by Gasteiger charge is -2.45. The summed E-state index contributed by atoms with van der Waals surface area (Å²) in [6, 6.07) is 3.96. The van der Waals surface area contributed by atoms with Gasteiger partial charge >= 0.3 is 5.97 Å². The average molecular weight is 459 g/mol. The van der Waals surface area contributed by atoms with Crippen molar-refractivity contribution in [1.82, 2.24) is 0 Å². The highest BCUT2D eigenvalue weighted by molar-refractivity contribution is 5.99. The number of benzene rings is 1. The second-order valence-electron chi connectivity index (χ2n) is 11.1. The van der Waals surface area contributed by atoms with Crippen LogP contribution in [0.1, 0.15) is 110 Å². The van der Waals surface area contributed by atoms with E-state index in [1.54, 1.807) is 6.92 Å². The molecule has 3 rings (SSSR count). The largest absolute Gasteiger partial charge is 0.508 e. The molecule has 0 bridgehead atoms. The highest BCUT2D eigenvalue weighted by Gasteiger charge is 2.49. The lowest BCUT2D eigenvalue weighted by molar-refractivity contribution is -0.151. The minimum atomic E-state index is -0.782. The van der Waals surface area contributed by atoms with E-state index >= 15 is 0 Å². The van der Waals surface area contributed by atoms with Gasteiger partial charge in [-0.25, -0.2) is 0 Å². The van der Waals surface area contributed by atoms with Crippen LogP contribution in [-0.4, -0.2) is 29.1 Å². The molecule has 0 radical (unpaired) electrons. The van der Waals surface area contributed by atoms with Crippen LogP contribution in [0.4, 0.5) is 0 Å². The third-order valence-corrected chi connectivity index (χ3v) is 7.83. The average Bonchev–Trinajstić information content (AvgIpc) is 2.90. The van der Waals surface area contributed by atoms with Gasteiger partial charge in [0.2, 0.25) is 0 Å². The van der Waals surface area contributed by atoms with Crippen LogP contribution in [-0.2, 0) is 19.7 Å². The minimum absolute atomic E-state index is 0.0344.